The zero-order valence-electron chi connectivity index (χ0n) is 38.6. The van der Waals surface area contributed by atoms with E-state index in [1.807, 2.05) is 0 Å². The van der Waals surface area contributed by atoms with Gasteiger partial charge in [0.25, 0.3) is 0 Å². The van der Waals surface area contributed by atoms with Crippen LogP contribution < -0.4 is 26.4 Å². The SMILES string of the molecule is c1cc[c]([Ge]([O][Ge]([c]2ccccc2)([c]2ccccc2)[c]2cccc(-c3nc(-n4c5ccccc5c5ccccc54)nc(-n4c5ccccc5c5ccccc54)n3)c2)([c]2ccccc2)[c]2ccccc2)cc1. The van der Waals surface area contributed by atoms with E-state index in [4.69, 9.17) is 17.7 Å². The Kier molecular flexibility index (Phi) is 10.9. The summed E-state index contributed by atoms with van der Waals surface area (Å²) in [5.74, 6) is 1.64. The first-order valence-electron chi connectivity index (χ1n) is 24.0. The maximum absolute atomic E-state index is 8.80. The van der Waals surface area contributed by atoms with Gasteiger partial charge in [0, 0.05) is 0 Å². The van der Waals surface area contributed by atoms with Gasteiger partial charge >= 0.3 is 420 Å². The number of para-hydroxylation sites is 4. The first-order chi connectivity index (χ1) is 35.2. The number of hydrogen-bond donors (Lipinski definition) is 0. The topological polar surface area (TPSA) is 57.8 Å². The third-order valence-corrected chi connectivity index (χ3v) is 36.3. The zero-order valence-corrected chi connectivity index (χ0v) is 42.8. The van der Waals surface area contributed by atoms with Gasteiger partial charge in [-0.05, 0) is 0 Å². The molecule has 0 aliphatic carbocycles. The molecule has 0 fully saturated rings. The van der Waals surface area contributed by atoms with Crippen LogP contribution in [0.3, 0.4) is 0 Å². The van der Waals surface area contributed by atoms with Crippen molar-refractivity contribution in [1.82, 2.24) is 24.1 Å². The summed E-state index contributed by atoms with van der Waals surface area (Å²) >= 11 is -8.57. The molecule has 0 atom stereocenters. The third kappa shape index (κ3) is 7.17. The van der Waals surface area contributed by atoms with Crippen LogP contribution in [0.2, 0.25) is 0 Å². The van der Waals surface area contributed by atoms with Gasteiger partial charge in [-0.25, -0.2) is 0 Å². The molecule has 8 heteroatoms. The van der Waals surface area contributed by atoms with E-state index in [9.17, 15) is 0 Å². The van der Waals surface area contributed by atoms with Crippen LogP contribution in [0.1, 0.15) is 0 Å². The van der Waals surface area contributed by atoms with Gasteiger partial charge in [-0.3, -0.25) is 0 Å². The Morgan fingerprint density at radius 2 is 0.549 bits per heavy atom. The molecule has 0 aliphatic rings. The fourth-order valence-corrected chi connectivity index (χ4v) is 38.5. The van der Waals surface area contributed by atoms with E-state index >= 15 is 0 Å². The van der Waals surface area contributed by atoms with Crippen LogP contribution in [-0.4, -0.2) is 51.3 Å². The van der Waals surface area contributed by atoms with Gasteiger partial charge in [-0.1, -0.05) is 0 Å². The number of rotatable bonds is 11. The van der Waals surface area contributed by atoms with E-state index in [-0.39, 0.29) is 0 Å². The molecular weight excluding hydrogens is 988 g/mol. The molecule has 0 radical (unpaired) electrons. The van der Waals surface area contributed by atoms with E-state index < -0.39 is 27.2 Å². The first kappa shape index (κ1) is 42.9. The Morgan fingerprint density at radius 3 is 0.887 bits per heavy atom. The van der Waals surface area contributed by atoms with Crippen molar-refractivity contribution in [3.8, 4) is 23.3 Å². The average molecular weight is 1030 g/mol. The summed E-state index contributed by atoms with van der Waals surface area (Å²) < 4.78 is 20.4. The van der Waals surface area contributed by atoms with Gasteiger partial charge < -0.3 is 0 Å². The summed E-state index contributed by atoms with van der Waals surface area (Å²) in [6, 6.07) is 98.0. The molecule has 10 aromatic carbocycles. The maximum atomic E-state index is 8.80. The number of aromatic nitrogens is 5. The summed E-state index contributed by atoms with van der Waals surface area (Å²) in [5, 5.41) is 4.54. The van der Waals surface area contributed by atoms with Gasteiger partial charge in [-0.2, -0.15) is 0 Å². The van der Waals surface area contributed by atoms with Crippen molar-refractivity contribution in [1.29, 1.82) is 0 Å². The van der Waals surface area contributed by atoms with Crippen molar-refractivity contribution in [3.63, 3.8) is 0 Å². The van der Waals surface area contributed by atoms with E-state index in [1.165, 1.54) is 22.0 Å². The summed E-state index contributed by atoms with van der Waals surface area (Å²) in [6.45, 7) is 0. The van der Waals surface area contributed by atoms with Crippen LogP contribution >= 0.6 is 0 Å². The molecule has 71 heavy (non-hydrogen) atoms. The molecule has 13 aromatic rings. The van der Waals surface area contributed by atoms with Crippen molar-refractivity contribution in [2.75, 3.05) is 0 Å². The molecule has 0 unspecified atom stereocenters. The normalized spacial score (nSPS) is 12.0. The molecule has 3 aromatic heterocycles. The molecule has 6 nitrogen and oxygen atoms in total. The summed E-state index contributed by atoms with van der Waals surface area (Å²) in [4.78, 5) is 16.5. The van der Waals surface area contributed by atoms with Crippen molar-refractivity contribution in [2.45, 2.75) is 0 Å². The summed E-state index contributed by atoms with van der Waals surface area (Å²) in [5.41, 5.74) is 4.96. The Morgan fingerprint density at radius 1 is 0.268 bits per heavy atom. The number of benzene rings is 10. The van der Waals surface area contributed by atoms with E-state index in [0.29, 0.717) is 17.7 Å². The minimum atomic E-state index is -4.39. The quantitative estimate of drug-likeness (QED) is 0.121. The fourth-order valence-electron chi connectivity index (χ4n) is 10.8. The zero-order chi connectivity index (χ0) is 47.2. The number of nitrogens with zero attached hydrogens (tertiary/aromatic N) is 5. The number of hydrogen-bond acceptors (Lipinski definition) is 4. The Bertz CT molecular complexity index is 3660. The van der Waals surface area contributed by atoms with Crippen LogP contribution in [0.5, 0.6) is 0 Å². The second-order valence-electron chi connectivity index (χ2n) is 17.9. The second-order valence-corrected chi connectivity index (χ2v) is 33.5. The van der Waals surface area contributed by atoms with Gasteiger partial charge in [0.15, 0.2) is 0 Å². The Balaban J connectivity index is 1.11. The van der Waals surface area contributed by atoms with Crippen molar-refractivity contribution in [2.24, 2.45) is 0 Å². The molecule has 3 heterocycles. The molecule has 336 valence electrons. The predicted octanol–water partition coefficient (Wildman–Crippen LogP) is 10.4. The van der Waals surface area contributed by atoms with Crippen molar-refractivity contribution in [3.05, 3.63) is 273 Å². The van der Waals surface area contributed by atoms with Crippen LogP contribution in [0.4, 0.5) is 0 Å². The van der Waals surface area contributed by atoms with E-state index in [1.54, 1.807) is 0 Å². The van der Waals surface area contributed by atoms with Crippen molar-refractivity contribution >= 4 is 97.2 Å². The molecule has 0 bridgehead atoms. The van der Waals surface area contributed by atoms with Crippen LogP contribution in [-0.2, 0) is 2.79 Å². The summed E-state index contributed by atoms with van der Waals surface area (Å²) in [6.07, 6.45) is 0. The molecule has 13 rings (SSSR count). The van der Waals surface area contributed by atoms with Gasteiger partial charge in [0.2, 0.25) is 0 Å². The predicted molar refractivity (Wildman–Crippen MR) is 297 cm³/mol. The molecule has 0 amide bonds. The second kappa shape index (κ2) is 18.0. The minimum absolute atomic E-state index is 0.538. The summed E-state index contributed by atoms with van der Waals surface area (Å²) in [7, 11) is 0. The van der Waals surface area contributed by atoms with Crippen LogP contribution in [0, 0.1) is 0 Å². The Labute approximate surface area is 417 Å². The van der Waals surface area contributed by atoms with Gasteiger partial charge in [-0.15, -0.1) is 0 Å². The monoisotopic (exact) mass is 1040 g/mol. The van der Waals surface area contributed by atoms with Crippen LogP contribution in [0.15, 0.2) is 273 Å². The average Bonchev–Trinajstić information content (AvgIpc) is 3.98. The van der Waals surface area contributed by atoms with Crippen LogP contribution in [0.25, 0.3) is 66.9 Å². The van der Waals surface area contributed by atoms with Gasteiger partial charge in [0.05, 0.1) is 0 Å². The Hall–Kier alpha value is -8.14. The third-order valence-electron chi connectivity index (χ3n) is 13.9. The fraction of sp³-hybridized carbons (Fsp3) is 0. The number of fused-ring (bicyclic) bond motifs is 6. The molecule has 0 saturated carbocycles. The molecule has 0 saturated heterocycles. The molecular formula is C63H45Ge2N5O. The van der Waals surface area contributed by atoms with Gasteiger partial charge in [0.1, 0.15) is 0 Å². The van der Waals surface area contributed by atoms with E-state index in [0.717, 1.165) is 53.6 Å². The standard InChI is InChI=1S/C63H45Ge2N5O/c1-6-26-47(27-7-1)64(48-28-8-2-9-29-48,49-30-10-3-11-31-49)71-65(50-32-12-4-13-33-50,51-34-14-5-15-35-51)52-36-24-25-46(45-52)61-66-62(69-57-41-20-16-37-53(57)54-38-17-21-42-58(54)69)68-63(67-61)70-59-43-22-18-39-55(59)56-40-19-23-44-60(56)70/h1-45H. The van der Waals surface area contributed by atoms with E-state index in [2.05, 4.69) is 282 Å². The molecule has 0 N–H and O–H groups in total. The molecule has 0 aliphatic heterocycles. The first-order valence-corrected chi connectivity index (χ1v) is 32.0. The van der Waals surface area contributed by atoms with Crippen molar-refractivity contribution < 1.29 is 2.79 Å². The molecule has 0 spiro atoms.